The van der Waals surface area contributed by atoms with Crippen molar-refractivity contribution in [1.29, 1.82) is 0 Å². The molecule has 0 radical (unpaired) electrons. The van der Waals surface area contributed by atoms with Gasteiger partial charge in [0.25, 0.3) is 5.56 Å². The SMILES string of the molecule is Cn1c(COC(=O)Cc2csc(COc3ccc(F)cc3)n2)cc(=O)n(C)c1=O. The summed E-state index contributed by atoms with van der Waals surface area (Å²) in [5, 5.41) is 2.38. The summed E-state index contributed by atoms with van der Waals surface area (Å²) < 4.78 is 25.8. The fraction of sp³-hybridized carbons (Fsp3) is 0.263. The van der Waals surface area contributed by atoms with E-state index in [4.69, 9.17) is 9.47 Å². The van der Waals surface area contributed by atoms with Gasteiger partial charge in [0.2, 0.25) is 0 Å². The number of carbonyl (C=O) groups is 1. The van der Waals surface area contributed by atoms with Crippen LogP contribution >= 0.6 is 11.3 Å². The highest BCUT2D eigenvalue weighted by atomic mass is 32.1. The third kappa shape index (κ3) is 5.17. The second-order valence-electron chi connectivity index (χ2n) is 6.19. The molecule has 0 unspecified atom stereocenters. The summed E-state index contributed by atoms with van der Waals surface area (Å²) >= 11 is 1.33. The van der Waals surface area contributed by atoms with Gasteiger partial charge >= 0.3 is 11.7 Å². The Labute approximate surface area is 168 Å². The zero-order chi connectivity index (χ0) is 21.0. The normalized spacial score (nSPS) is 10.7. The zero-order valence-electron chi connectivity index (χ0n) is 15.8. The number of carbonyl (C=O) groups excluding carboxylic acids is 1. The van der Waals surface area contributed by atoms with Crippen LogP contribution < -0.4 is 16.0 Å². The average molecular weight is 419 g/mol. The molecule has 29 heavy (non-hydrogen) atoms. The lowest BCUT2D eigenvalue weighted by molar-refractivity contribution is -0.144. The Morgan fingerprint density at radius 3 is 2.59 bits per heavy atom. The maximum Gasteiger partial charge on any atom is 0.330 e. The number of hydrogen-bond acceptors (Lipinski definition) is 7. The Balaban J connectivity index is 1.53. The predicted octanol–water partition coefficient (Wildman–Crippen LogP) is 1.54. The van der Waals surface area contributed by atoms with Gasteiger partial charge in [-0.1, -0.05) is 0 Å². The first-order valence-electron chi connectivity index (χ1n) is 8.56. The molecule has 2 heterocycles. The lowest BCUT2D eigenvalue weighted by Gasteiger charge is -2.09. The summed E-state index contributed by atoms with van der Waals surface area (Å²) in [6, 6.07) is 6.90. The molecule has 0 amide bonds. The number of hydrogen-bond donors (Lipinski definition) is 0. The highest BCUT2D eigenvalue weighted by molar-refractivity contribution is 7.09. The minimum Gasteiger partial charge on any atom is -0.486 e. The number of ether oxygens (including phenoxy) is 2. The quantitative estimate of drug-likeness (QED) is 0.540. The second-order valence-corrected chi connectivity index (χ2v) is 7.13. The van der Waals surface area contributed by atoms with E-state index in [1.807, 2.05) is 0 Å². The van der Waals surface area contributed by atoms with Crippen molar-refractivity contribution in [2.45, 2.75) is 19.6 Å². The van der Waals surface area contributed by atoms with E-state index in [9.17, 15) is 18.8 Å². The number of esters is 1. The lowest BCUT2D eigenvalue weighted by Crippen LogP contribution is -2.38. The molecular formula is C19H18FN3O5S. The van der Waals surface area contributed by atoms with Crippen LogP contribution in [-0.4, -0.2) is 20.1 Å². The summed E-state index contributed by atoms with van der Waals surface area (Å²) in [5.41, 5.74) is -0.132. The molecule has 0 N–H and O–H groups in total. The van der Waals surface area contributed by atoms with Crippen LogP contribution in [0.25, 0.3) is 0 Å². The molecule has 1 aromatic carbocycles. The van der Waals surface area contributed by atoms with Crippen molar-refractivity contribution < 1.29 is 18.7 Å². The molecule has 2 aromatic heterocycles. The van der Waals surface area contributed by atoms with Gasteiger partial charge in [0, 0.05) is 25.5 Å². The van der Waals surface area contributed by atoms with Crippen LogP contribution in [0.5, 0.6) is 5.75 Å². The van der Waals surface area contributed by atoms with Crippen molar-refractivity contribution >= 4 is 17.3 Å². The van der Waals surface area contributed by atoms with Crippen LogP contribution in [0.4, 0.5) is 4.39 Å². The molecule has 0 atom stereocenters. The average Bonchev–Trinajstić information content (AvgIpc) is 3.15. The lowest BCUT2D eigenvalue weighted by atomic mass is 10.3. The predicted molar refractivity (Wildman–Crippen MR) is 103 cm³/mol. The number of halogens is 1. The van der Waals surface area contributed by atoms with Crippen molar-refractivity contribution in [3.8, 4) is 5.75 Å². The van der Waals surface area contributed by atoms with Gasteiger partial charge in [0.15, 0.2) is 0 Å². The Kier molecular flexibility index (Phi) is 6.23. The smallest absolute Gasteiger partial charge is 0.330 e. The molecule has 3 aromatic rings. The highest BCUT2D eigenvalue weighted by Gasteiger charge is 2.12. The minimum atomic E-state index is -0.533. The third-order valence-electron chi connectivity index (χ3n) is 4.11. The van der Waals surface area contributed by atoms with Gasteiger partial charge in [-0.3, -0.25) is 18.7 Å². The van der Waals surface area contributed by atoms with E-state index in [0.29, 0.717) is 22.1 Å². The fourth-order valence-corrected chi connectivity index (χ4v) is 3.15. The van der Waals surface area contributed by atoms with E-state index in [1.54, 1.807) is 5.38 Å². The van der Waals surface area contributed by atoms with E-state index in [1.165, 1.54) is 60.3 Å². The minimum absolute atomic E-state index is 0.0498. The molecule has 0 aliphatic heterocycles. The molecule has 0 spiro atoms. The molecule has 0 saturated carbocycles. The summed E-state index contributed by atoms with van der Waals surface area (Å²) in [4.78, 5) is 39.9. The van der Waals surface area contributed by atoms with Crippen molar-refractivity contribution in [1.82, 2.24) is 14.1 Å². The van der Waals surface area contributed by atoms with Crippen molar-refractivity contribution in [3.63, 3.8) is 0 Å². The summed E-state index contributed by atoms with van der Waals surface area (Å²) in [5.74, 6) is -0.361. The Hall–Kier alpha value is -3.27. The third-order valence-corrected chi connectivity index (χ3v) is 4.98. The second kappa shape index (κ2) is 8.82. The Morgan fingerprint density at radius 2 is 1.86 bits per heavy atom. The summed E-state index contributed by atoms with van der Waals surface area (Å²) in [6.07, 6.45) is -0.0498. The summed E-state index contributed by atoms with van der Waals surface area (Å²) in [7, 11) is 2.87. The number of nitrogens with zero attached hydrogens (tertiary/aromatic N) is 3. The standard InChI is InChI=1S/C19H18FN3O5S/c1-22-14(8-17(24)23(2)19(22)26)9-28-18(25)7-13-11-29-16(21-13)10-27-15-5-3-12(20)4-6-15/h3-6,8,11H,7,9-10H2,1-2H3. The van der Waals surface area contributed by atoms with Crippen LogP contribution in [0.2, 0.25) is 0 Å². The molecule has 3 rings (SSSR count). The molecular weight excluding hydrogens is 401 g/mol. The molecule has 8 nitrogen and oxygen atoms in total. The van der Waals surface area contributed by atoms with Crippen molar-refractivity contribution in [2.75, 3.05) is 0 Å². The fourth-order valence-electron chi connectivity index (χ4n) is 2.44. The van der Waals surface area contributed by atoms with E-state index in [0.717, 1.165) is 4.57 Å². The van der Waals surface area contributed by atoms with E-state index in [-0.39, 0.29) is 25.5 Å². The maximum absolute atomic E-state index is 12.9. The molecule has 0 bridgehead atoms. The Bertz CT molecular complexity index is 1130. The van der Waals surface area contributed by atoms with Crippen molar-refractivity contribution in [2.24, 2.45) is 14.1 Å². The molecule has 0 aliphatic carbocycles. The first-order valence-corrected chi connectivity index (χ1v) is 9.44. The van der Waals surface area contributed by atoms with Gasteiger partial charge in [-0.25, -0.2) is 14.2 Å². The molecule has 0 saturated heterocycles. The first-order chi connectivity index (χ1) is 13.8. The van der Waals surface area contributed by atoms with E-state index < -0.39 is 17.2 Å². The van der Waals surface area contributed by atoms with Gasteiger partial charge in [-0.05, 0) is 24.3 Å². The number of thiazole rings is 1. The number of rotatable bonds is 7. The van der Waals surface area contributed by atoms with Crippen LogP contribution in [0.1, 0.15) is 16.4 Å². The van der Waals surface area contributed by atoms with Gasteiger partial charge in [0.05, 0.1) is 17.8 Å². The maximum atomic E-state index is 12.9. The molecule has 0 aliphatic rings. The topological polar surface area (TPSA) is 92.4 Å². The molecule has 10 heteroatoms. The van der Waals surface area contributed by atoms with Crippen LogP contribution in [0.15, 0.2) is 45.3 Å². The number of aromatic nitrogens is 3. The zero-order valence-corrected chi connectivity index (χ0v) is 16.6. The van der Waals surface area contributed by atoms with Crippen LogP contribution in [0, 0.1) is 5.82 Å². The highest BCUT2D eigenvalue weighted by Crippen LogP contribution is 2.16. The monoisotopic (exact) mass is 419 g/mol. The van der Waals surface area contributed by atoms with Gasteiger partial charge < -0.3 is 9.47 Å². The van der Waals surface area contributed by atoms with Gasteiger partial charge in [-0.15, -0.1) is 11.3 Å². The van der Waals surface area contributed by atoms with Crippen LogP contribution in [0.3, 0.4) is 0 Å². The summed E-state index contributed by atoms with van der Waals surface area (Å²) in [6.45, 7) is 0.00605. The molecule has 0 fully saturated rings. The van der Waals surface area contributed by atoms with Gasteiger partial charge in [-0.2, -0.15) is 0 Å². The van der Waals surface area contributed by atoms with Crippen LogP contribution in [-0.2, 0) is 43.3 Å². The first kappa shape index (κ1) is 20.5. The van der Waals surface area contributed by atoms with E-state index in [2.05, 4.69) is 4.98 Å². The van der Waals surface area contributed by atoms with Crippen molar-refractivity contribution in [3.05, 3.63) is 78.8 Å². The number of benzene rings is 1. The molecule has 152 valence electrons. The van der Waals surface area contributed by atoms with E-state index >= 15 is 0 Å². The van der Waals surface area contributed by atoms with Gasteiger partial charge in [0.1, 0.15) is 29.8 Å². The largest absolute Gasteiger partial charge is 0.486 e. The Morgan fingerprint density at radius 1 is 1.14 bits per heavy atom.